The first-order chi connectivity index (χ1) is 12.4. The third-order valence-corrected chi connectivity index (χ3v) is 4.52. The van der Waals surface area contributed by atoms with Crippen LogP contribution in [-0.2, 0) is 0 Å². The molecule has 0 radical (unpaired) electrons. The average molecular weight is 391 g/mol. The summed E-state index contributed by atoms with van der Waals surface area (Å²) in [4.78, 5) is 26.8. The molecule has 3 aromatic rings. The second-order valence-electron chi connectivity index (χ2n) is 6.61. The van der Waals surface area contributed by atoms with Gasteiger partial charge in [0, 0.05) is 12.6 Å². The number of amides is 1. The van der Waals surface area contributed by atoms with Crippen LogP contribution in [0.4, 0.5) is 0 Å². The fraction of sp³-hybridized carbons (Fsp3) is 0.300. The number of rotatable bonds is 5. The van der Waals surface area contributed by atoms with Crippen LogP contribution in [0.2, 0.25) is 0 Å². The molecule has 1 unspecified atom stereocenters. The molecule has 0 aliphatic rings. The van der Waals surface area contributed by atoms with Crippen LogP contribution in [0.5, 0.6) is 0 Å². The SMILES string of the molecule is Cc1cc2oc(C(=O)NCC(c3ccco3)N(C)C)cc(=O)c2cc1C.Cl. The number of benzene rings is 1. The zero-order valence-corrected chi connectivity index (χ0v) is 16.6. The maximum atomic E-state index is 12.5. The van der Waals surface area contributed by atoms with Gasteiger partial charge in [-0.3, -0.25) is 14.5 Å². The molecule has 27 heavy (non-hydrogen) atoms. The van der Waals surface area contributed by atoms with E-state index in [1.54, 1.807) is 24.5 Å². The highest BCUT2D eigenvalue weighted by Crippen LogP contribution is 2.19. The number of hydrogen-bond acceptors (Lipinski definition) is 5. The molecule has 7 heteroatoms. The highest BCUT2D eigenvalue weighted by atomic mass is 35.5. The zero-order chi connectivity index (χ0) is 18.8. The van der Waals surface area contributed by atoms with Crippen molar-refractivity contribution in [1.82, 2.24) is 10.2 Å². The fourth-order valence-electron chi connectivity index (χ4n) is 2.82. The maximum Gasteiger partial charge on any atom is 0.287 e. The predicted molar refractivity (Wildman–Crippen MR) is 107 cm³/mol. The molecule has 0 aliphatic heterocycles. The lowest BCUT2D eigenvalue weighted by Crippen LogP contribution is -2.34. The first-order valence-electron chi connectivity index (χ1n) is 8.40. The van der Waals surface area contributed by atoms with Gasteiger partial charge in [-0.2, -0.15) is 0 Å². The Kier molecular flexibility index (Phi) is 6.46. The molecule has 1 aromatic carbocycles. The Bertz CT molecular complexity index is 993. The van der Waals surface area contributed by atoms with Crippen molar-refractivity contribution in [2.24, 2.45) is 0 Å². The summed E-state index contributed by atoms with van der Waals surface area (Å²) in [6.07, 6.45) is 1.60. The number of likely N-dealkylation sites (N-methyl/N-ethyl adjacent to an activating group) is 1. The number of aryl methyl sites for hydroxylation is 2. The van der Waals surface area contributed by atoms with Gasteiger partial charge in [0.2, 0.25) is 0 Å². The van der Waals surface area contributed by atoms with Gasteiger partial charge in [-0.25, -0.2) is 0 Å². The summed E-state index contributed by atoms with van der Waals surface area (Å²) in [5.41, 5.74) is 2.20. The second-order valence-corrected chi connectivity index (χ2v) is 6.61. The smallest absolute Gasteiger partial charge is 0.287 e. The minimum absolute atomic E-state index is 0. The lowest BCUT2D eigenvalue weighted by Gasteiger charge is -2.22. The Morgan fingerprint density at radius 1 is 1.19 bits per heavy atom. The number of nitrogens with zero attached hydrogens (tertiary/aromatic N) is 1. The molecule has 6 nitrogen and oxygen atoms in total. The quantitative estimate of drug-likeness (QED) is 0.722. The van der Waals surface area contributed by atoms with E-state index in [2.05, 4.69) is 5.32 Å². The van der Waals surface area contributed by atoms with Crippen LogP contribution in [0.15, 0.2) is 50.2 Å². The van der Waals surface area contributed by atoms with Crippen LogP contribution < -0.4 is 10.7 Å². The van der Waals surface area contributed by atoms with E-state index in [1.807, 2.05) is 38.9 Å². The Morgan fingerprint density at radius 2 is 1.89 bits per heavy atom. The van der Waals surface area contributed by atoms with Crippen molar-refractivity contribution in [3.8, 4) is 0 Å². The minimum Gasteiger partial charge on any atom is -0.468 e. The third kappa shape index (κ3) is 4.40. The van der Waals surface area contributed by atoms with Crippen molar-refractivity contribution in [3.63, 3.8) is 0 Å². The van der Waals surface area contributed by atoms with Crippen LogP contribution in [-0.4, -0.2) is 31.4 Å². The highest BCUT2D eigenvalue weighted by Gasteiger charge is 2.20. The summed E-state index contributed by atoms with van der Waals surface area (Å²) in [6, 6.07) is 8.36. The largest absolute Gasteiger partial charge is 0.468 e. The molecule has 1 N–H and O–H groups in total. The first-order valence-corrected chi connectivity index (χ1v) is 8.40. The number of hydrogen-bond donors (Lipinski definition) is 1. The van der Waals surface area contributed by atoms with Crippen LogP contribution >= 0.6 is 12.4 Å². The van der Waals surface area contributed by atoms with E-state index in [9.17, 15) is 9.59 Å². The standard InChI is InChI=1S/C20H22N2O4.ClH/c1-12-8-14-16(23)10-19(26-18(14)9-13(12)2)20(24)21-11-15(22(3)4)17-6-5-7-25-17;/h5-10,15H,11H2,1-4H3,(H,21,24);1H. The van der Waals surface area contributed by atoms with Gasteiger partial charge in [0.1, 0.15) is 11.3 Å². The Morgan fingerprint density at radius 3 is 2.52 bits per heavy atom. The van der Waals surface area contributed by atoms with Crippen molar-refractivity contribution in [1.29, 1.82) is 0 Å². The van der Waals surface area contributed by atoms with Crippen molar-refractivity contribution in [2.45, 2.75) is 19.9 Å². The summed E-state index contributed by atoms with van der Waals surface area (Å²) in [7, 11) is 3.81. The highest BCUT2D eigenvalue weighted by molar-refractivity contribution is 5.93. The van der Waals surface area contributed by atoms with E-state index in [-0.39, 0.29) is 29.6 Å². The number of halogens is 1. The van der Waals surface area contributed by atoms with Crippen LogP contribution in [0.25, 0.3) is 11.0 Å². The topological polar surface area (TPSA) is 75.7 Å². The Labute approximate surface area is 163 Å². The van der Waals surface area contributed by atoms with Gasteiger partial charge in [0.05, 0.1) is 17.7 Å². The van der Waals surface area contributed by atoms with Crippen LogP contribution in [0, 0.1) is 13.8 Å². The summed E-state index contributed by atoms with van der Waals surface area (Å²) < 4.78 is 11.1. The van der Waals surface area contributed by atoms with E-state index in [0.717, 1.165) is 16.9 Å². The van der Waals surface area contributed by atoms with E-state index >= 15 is 0 Å². The van der Waals surface area contributed by atoms with Crippen LogP contribution in [0.3, 0.4) is 0 Å². The minimum atomic E-state index is -0.430. The number of carbonyl (C=O) groups excluding carboxylic acids is 1. The molecule has 0 saturated carbocycles. The summed E-state index contributed by atoms with van der Waals surface area (Å²) in [5, 5.41) is 3.29. The monoisotopic (exact) mass is 390 g/mol. The molecule has 0 bridgehead atoms. The number of fused-ring (bicyclic) bond motifs is 1. The van der Waals surface area contributed by atoms with Crippen molar-refractivity contribution in [3.05, 3.63) is 69.5 Å². The molecule has 0 fully saturated rings. The lowest BCUT2D eigenvalue weighted by molar-refractivity contribution is 0.0912. The molecule has 1 atom stereocenters. The molecule has 144 valence electrons. The van der Waals surface area contributed by atoms with Crippen molar-refractivity contribution < 1.29 is 13.6 Å². The molecule has 0 saturated heterocycles. The summed E-state index contributed by atoms with van der Waals surface area (Å²) in [5.74, 6) is 0.324. The fourth-order valence-corrected chi connectivity index (χ4v) is 2.82. The molecule has 2 heterocycles. The molecule has 0 aliphatic carbocycles. The maximum absolute atomic E-state index is 12.5. The zero-order valence-electron chi connectivity index (χ0n) is 15.7. The number of carbonyl (C=O) groups is 1. The van der Waals surface area contributed by atoms with E-state index < -0.39 is 5.91 Å². The van der Waals surface area contributed by atoms with E-state index in [0.29, 0.717) is 17.5 Å². The van der Waals surface area contributed by atoms with Gasteiger partial charge in [0.15, 0.2) is 11.2 Å². The van der Waals surface area contributed by atoms with Crippen molar-refractivity contribution >= 4 is 29.3 Å². The molecule has 0 spiro atoms. The number of furan rings is 1. The van der Waals surface area contributed by atoms with Gasteiger partial charge >= 0.3 is 0 Å². The van der Waals surface area contributed by atoms with Gasteiger partial charge < -0.3 is 14.2 Å². The van der Waals surface area contributed by atoms with Gasteiger partial charge in [-0.1, -0.05) is 0 Å². The summed E-state index contributed by atoms with van der Waals surface area (Å²) in [6.45, 7) is 4.20. The molecule has 3 rings (SSSR count). The Balaban J connectivity index is 0.00000261. The average Bonchev–Trinajstić information content (AvgIpc) is 3.10. The Hall–Kier alpha value is -2.57. The molecular weight excluding hydrogens is 368 g/mol. The van der Waals surface area contributed by atoms with Crippen molar-refractivity contribution in [2.75, 3.05) is 20.6 Å². The molecular formula is C20H23ClN2O4. The van der Waals surface area contributed by atoms with Gasteiger partial charge in [-0.15, -0.1) is 12.4 Å². The normalized spacial score (nSPS) is 12.0. The second kappa shape index (κ2) is 8.41. The molecule has 1 amide bonds. The predicted octanol–water partition coefficient (Wildman–Crippen LogP) is 3.46. The van der Waals surface area contributed by atoms with Crippen LogP contribution in [0.1, 0.15) is 33.5 Å². The van der Waals surface area contributed by atoms with Gasteiger partial charge in [-0.05, 0) is 63.3 Å². The number of nitrogens with one attached hydrogen (secondary N) is 1. The first kappa shape index (κ1) is 20.7. The molecule has 2 aromatic heterocycles. The van der Waals surface area contributed by atoms with E-state index in [4.69, 9.17) is 8.83 Å². The third-order valence-electron chi connectivity index (χ3n) is 4.52. The summed E-state index contributed by atoms with van der Waals surface area (Å²) >= 11 is 0. The lowest BCUT2D eigenvalue weighted by atomic mass is 10.1. The van der Waals surface area contributed by atoms with Gasteiger partial charge in [0.25, 0.3) is 5.91 Å². The van der Waals surface area contributed by atoms with E-state index in [1.165, 1.54) is 6.07 Å².